The monoisotopic (exact) mass is 368 g/mol. The number of hydrogen-bond acceptors (Lipinski definition) is 5. The quantitative estimate of drug-likeness (QED) is 0.877. The summed E-state index contributed by atoms with van der Waals surface area (Å²) >= 11 is 5.92. The Bertz CT molecular complexity index is 646. The number of anilines is 1. The first-order valence-corrected chi connectivity index (χ1v) is 8.24. The van der Waals surface area contributed by atoms with Crippen LogP contribution in [0, 0.1) is 6.92 Å². The largest absolute Gasteiger partial charge is 0.379 e. The number of benzene rings is 1. The first-order chi connectivity index (χ1) is 11.2. The van der Waals surface area contributed by atoms with E-state index >= 15 is 0 Å². The molecule has 1 aromatic carbocycles. The minimum Gasteiger partial charge on any atom is -0.379 e. The van der Waals surface area contributed by atoms with Gasteiger partial charge in [-0.3, -0.25) is 4.90 Å². The topological polar surface area (TPSA) is 50.3 Å². The normalized spacial score (nSPS) is 14.9. The van der Waals surface area contributed by atoms with Crippen molar-refractivity contribution in [3.63, 3.8) is 0 Å². The van der Waals surface area contributed by atoms with Gasteiger partial charge in [0.15, 0.2) is 5.82 Å². The van der Waals surface area contributed by atoms with Gasteiger partial charge in [-0.1, -0.05) is 23.7 Å². The van der Waals surface area contributed by atoms with Gasteiger partial charge in [-0.25, -0.2) is 0 Å². The Hall–Kier alpha value is -1.40. The summed E-state index contributed by atoms with van der Waals surface area (Å²) in [6.45, 7) is 7.55. The van der Waals surface area contributed by atoms with Crippen molar-refractivity contribution < 1.29 is 4.74 Å². The highest BCUT2D eigenvalue weighted by Gasteiger charge is 2.10. The fraction of sp³-hybridized carbons (Fsp3) is 0.412. The lowest BCUT2D eigenvalue weighted by atomic mass is 10.1. The van der Waals surface area contributed by atoms with Crippen molar-refractivity contribution >= 4 is 29.8 Å². The van der Waals surface area contributed by atoms with E-state index in [1.165, 1.54) is 0 Å². The number of aryl methyl sites for hydroxylation is 1. The Kier molecular flexibility index (Phi) is 7.24. The average molecular weight is 369 g/mol. The minimum absolute atomic E-state index is 0. The van der Waals surface area contributed by atoms with Crippen molar-refractivity contribution in [2.75, 3.05) is 44.7 Å². The third kappa shape index (κ3) is 5.05. The smallest absolute Gasteiger partial charge is 0.151 e. The number of ether oxygens (including phenoxy) is 1. The lowest BCUT2D eigenvalue weighted by Crippen LogP contribution is -2.39. The molecule has 1 aromatic heterocycles. The molecule has 0 saturated carbocycles. The molecule has 24 heavy (non-hydrogen) atoms. The van der Waals surface area contributed by atoms with Gasteiger partial charge in [0.2, 0.25) is 0 Å². The van der Waals surface area contributed by atoms with Crippen LogP contribution in [0.4, 0.5) is 5.82 Å². The molecule has 130 valence electrons. The number of nitrogens with one attached hydrogen (secondary N) is 1. The van der Waals surface area contributed by atoms with Crippen LogP contribution in [0.5, 0.6) is 0 Å². The van der Waals surface area contributed by atoms with E-state index in [2.05, 4.69) is 20.4 Å². The molecule has 2 aromatic rings. The number of halogens is 2. The van der Waals surface area contributed by atoms with Crippen LogP contribution in [0.1, 0.15) is 5.56 Å². The van der Waals surface area contributed by atoms with Gasteiger partial charge in [0.1, 0.15) is 0 Å². The molecule has 0 amide bonds. The molecule has 0 unspecified atom stereocenters. The summed E-state index contributed by atoms with van der Waals surface area (Å²) in [6, 6.07) is 9.69. The number of nitrogens with zero attached hydrogens (tertiary/aromatic N) is 3. The van der Waals surface area contributed by atoms with Gasteiger partial charge >= 0.3 is 0 Å². The number of hydrogen-bond donors (Lipinski definition) is 1. The molecule has 5 nitrogen and oxygen atoms in total. The predicted molar refractivity (Wildman–Crippen MR) is 100 cm³/mol. The molecule has 1 aliphatic rings. The molecule has 0 atom stereocenters. The standard InChI is InChI=1S/C17H21ClN4O.ClH/c1-13-12-16(14-2-4-15(18)5-3-14)20-21-17(13)19-6-7-22-8-10-23-11-9-22;/h2-5,12H,6-11H2,1H3,(H,19,21);1H. The maximum absolute atomic E-state index is 5.92. The predicted octanol–water partition coefficient (Wildman–Crippen LogP) is 3.27. The highest BCUT2D eigenvalue weighted by Crippen LogP contribution is 2.22. The molecule has 1 aliphatic heterocycles. The van der Waals surface area contributed by atoms with Gasteiger partial charge in [-0.2, -0.15) is 0 Å². The van der Waals surface area contributed by atoms with E-state index in [9.17, 15) is 0 Å². The Morgan fingerprint density at radius 1 is 1.17 bits per heavy atom. The zero-order valence-electron chi connectivity index (χ0n) is 13.7. The molecular formula is C17H22Cl2N4O. The Labute approximate surface area is 153 Å². The molecule has 1 fully saturated rings. The lowest BCUT2D eigenvalue weighted by molar-refractivity contribution is 0.0398. The van der Waals surface area contributed by atoms with E-state index in [1.54, 1.807) is 0 Å². The second-order valence-electron chi connectivity index (χ2n) is 5.65. The minimum atomic E-state index is 0. The van der Waals surface area contributed by atoms with Crippen LogP contribution in [0.15, 0.2) is 30.3 Å². The summed E-state index contributed by atoms with van der Waals surface area (Å²) in [4.78, 5) is 2.39. The van der Waals surface area contributed by atoms with Crippen molar-refractivity contribution in [1.82, 2.24) is 15.1 Å². The first kappa shape index (κ1) is 18.9. The summed E-state index contributed by atoms with van der Waals surface area (Å²) in [7, 11) is 0. The zero-order chi connectivity index (χ0) is 16.1. The van der Waals surface area contributed by atoms with Crippen molar-refractivity contribution in [2.24, 2.45) is 0 Å². The average Bonchev–Trinajstić information content (AvgIpc) is 2.58. The summed E-state index contributed by atoms with van der Waals surface area (Å²) in [6.07, 6.45) is 0. The lowest BCUT2D eigenvalue weighted by Gasteiger charge is -2.26. The fourth-order valence-electron chi connectivity index (χ4n) is 2.58. The summed E-state index contributed by atoms with van der Waals surface area (Å²) in [5, 5.41) is 12.7. The Morgan fingerprint density at radius 2 is 1.88 bits per heavy atom. The summed E-state index contributed by atoms with van der Waals surface area (Å²) in [5.74, 6) is 0.843. The van der Waals surface area contributed by atoms with Gasteiger partial charge in [0, 0.05) is 36.8 Å². The molecule has 0 bridgehead atoms. The Morgan fingerprint density at radius 3 is 2.54 bits per heavy atom. The first-order valence-electron chi connectivity index (χ1n) is 7.86. The maximum Gasteiger partial charge on any atom is 0.151 e. The second-order valence-corrected chi connectivity index (χ2v) is 6.09. The molecule has 2 heterocycles. The molecule has 0 spiro atoms. The zero-order valence-corrected chi connectivity index (χ0v) is 15.2. The van der Waals surface area contributed by atoms with Crippen molar-refractivity contribution in [3.05, 3.63) is 40.9 Å². The third-order valence-corrected chi connectivity index (χ3v) is 4.20. The summed E-state index contributed by atoms with van der Waals surface area (Å²) < 4.78 is 5.35. The van der Waals surface area contributed by atoms with E-state index in [4.69, 9.17) is 16.3 Å². The Balaban J connectivity index is 0.00000208. The number of rotatable bonds is 5. The van der Waals surface area contributed by atoms with Crippen LogP contribution < -0.4 is 5.32 Å². The van der Waals surface area contributed by atoms with Crippen LogP contribution in [0.25, 0.3) is 11.3 Å². The van der Waals surface area contributed by atoms with Gasteiger partial charge in [0.25, 0.3) is 0 Å². The molecule has 7 heteroatoms. The SMILES string of the molecule is Cc1cc(-c2ccc(Cl)cc2)nnc1NCCN1CCOCC1.Cl. The van der Waals surface area contributed by atoms with E-state index in [-0.39, 0.29) is 12.4 Å². The van der Waals surface area contributed by atoms with Crippen molar-refractivity contribution in [3.8, 4) is 11.3 Å². The van der Waals surface area contributed by atoms with E-state index in [1.807, 2.05) is 37.3 Å². The fourth-order valence-corrected chi connectivity index (χ4v) is 2.70. The maximum atomic E-state index is 5.92. The van der Waals surface area contributed by atoms with Gasteiger partial charge < -0.3 is 10.1 Å². The van der Waals surface area contributed by atoms with E-state index in [0.29, 0.717) is 0 Å². The molecule has 0 radical (unpaired) electrons. The molecule has 3 rings (SSSR count). The van der Waals surface area contributed by atoms with Crippen LogP contribution >= 0.6 is 24.0 Å². The molecule has 1 saturated heterocycles. The van der Waals surface area contributed by atoms with E-state index < -0.39 is 0 Å². The third-order valence-electron chi connectivity index (χ3n) is 3.95. The van der Waals surface area contributed by atoms with Crippen molar-refractivity contribution in [1.29, 1.82) is 0 Å². The molecular weight excluding hydrogens is 347 g/mol. The van der Waals surface area contributed by atoms with Gasteiger partial charge in [-0.05, 0) is 30.7 Å². The number of morpholine rings is 1. The van der Waals surface area contributed by atoms with E-state index in [0.717, 1.165) is 67.1 Å². The van der Waals surface area contributed by atoms with Crippen LogP contribution in [-0.2, 0) is 4.74 Å². The van der Waals surface area contributed by atoms with Gasteiger partial charge in [0.05, 0.1) is 18.9 Å². The van der Waals surface area contributed by atoms with Crippen LogP contribution in [0.2, 0.25) is 5.02 Å². The van der Waals surface area contributed by atoms with Crippen LogP contribution in [0.3, 0.4) is 0 Å². The highest BCUT2D eigenvalue weighted by atomic mass is 35.5. The number of aromatic nitrogens is 2. The second kappa shape index (κ2) is 9.18. The highest BCUT2D eigenvalue weighted by molar-refractivity contribution is 6.30. The van der Waals surface area contributed by atoms with Crippen molar-refractivity contribution in [2.45, 2.75) is 6.92 Å². The summed E-state index contributed by atoms with van der Waals surface area (Å²) in [5.41, 5.74) is 2.97. The molecule has 0 aliphatic carbocycles. The van der Waals surface area contributed by atoms with Crippen LogP contribution in [-0.4, -0.2) is 54.5 Å². The van der Waals surface area contributed by atoms with Gasteiger partial charge in [-0.15, -0.1) is 22.6 Å². The molecule has 1 N–H and O–H groups in total.